The highest BCUT2D eigenvalue weighted by Crippen LogP contribution is 2.80. The van der Waals surface area contributed by atoms with Crippen molar-refractivity contribution in [3.8, 4) is 0 Å². The fourth-order valence-corrected chi connectivity index (χ4v) is 13.7. The minimum atomic E-state index is -0.596. The van der Waals surface area contributed by atoms with Gasteiger partial charge in [-0.05, 0) is 116 Å². The van der Waals surface area contributed by atoms with E-state index >= 15 is 0 Å². The molecule has 5 saturated carbocycles. The van der Waals surface area contributed by atoms with Gasteiger partial charge in [0.05, 0.1) is 0 Å². The topological polar surface area (TPSA) is 63.7 Å². The van der Waals surface area contributed by atoms with Crippen molar-refractivity contribution in [3.05, 3.63) is 0 Å². The normalized spacial score (nSPS) is 52.8. The van der Waals surface area contributed by atoms with E-state index in [-0.39, 0.29) is 32.7 Å². The summed E-state index contributed by atoms with van der Waals surface area (Å²) in [4.78, 5) is 36.1. The van der Waals surface area contributed by atoms with Crippen LogP contribution in [-0.2, 0) is 19.1 Å². The van der Waals surface area contributed by atoms with Crippen molar-refractivity contribution >= 4 is 18.9 Å². The zero-order valence-electron chi connectivity index (χ0n) is 25.8. The van der Waals surface area contributed by atoms with Gasteiger partial charge in [0.15, 0.2) is 0 Å². The van der Waals surface area contributed by atoms with Crippen LogP contribution in [0.1, 0.15) is 126 Å². The maximum absolute atomic E-state index is 12.7. The second-order valence-corrected chi connectivity index (χ2v) is 16.9. The van der Waals surface area contributed by atoms with Crippen LogP contribution in [0.2, 0.25) is 0 Å². The fraction of sp³-hybridized carbons (Fsp3) is 0.914. The standard InChI is InChI=1S/C35H54O4/c1-23(2)24-10-13-33(22-38)16-15-31(6)25(28(24)33)8-9-27-30(5)14-17-35(34(39-35,18-20-36)19-21-37)29(3,4)26(30)11-12-32(27,31)7/h20-28H,8-19H2,1-7H3/t24-,25+,26-,27+,28+,30-,31+,32+,33+,35-/m0/s1. The second-order valence-electron chi connectivity index (χ2n) is 16.9. The van der Waals surface area contributed by atoms with Gasteiger partial charge in [0.2, 0.25) is 0 Å². The monoisotopic (exact) mass is 538 g/mol. The lowest BCUT2D eigenvalue weighted by molar-refractivity contribution is -0.243. The van der Waals surface area contributed by atoms with Gasteiger partial charge in [-0.25, -0.2) is 0 Å². The van der Waals surface area contributed by atoms with Crippen LogP contribution in [0.5, 0.6) is 0 Å². The molecule has 1 spiro atoms. The summed E-state index contributed by atoms with van der Waals surface area (Å²) in [5.74, 6) is 3.70. The number of carbonyl (C=O) groups is 3. The largest absolute Gasteiger partial charge is 0.361 e. The maximum atomic E-state index is 12.7. The molecule has 1 saturated heterocycles. The molecular formula is C35H54O4. The molecule has 1 heterocycles. The average molecular weight is 539 g/mol. The highest BCUT2D eigenvalue weighted by Gasteiger charge is 2.81. The molecule has 5 aliphatic carbocycles. The summed E-state index contributed by atoms with van der Waals surface area (Å²) >= 11 is 0. The number of aldehydes is 3. The number of rotatable bonds is 6. The van der Waals surface area contributed by atoms with Crippen molar-refractivity contribution in [1.82, 2.24) is 0 Å². The van der Waals surface area contributed by atoms with E-state index in [2.05, 4.69) is 48.5 Å². The van der Waals surface area contributed by atoms with Crippen LogP contribution in [0.4, 0.5) is 0 Å². The number of carbonyl (C=O) groups excluding carboxylic acids is 3. The number of fused-ring (bicyclic) bond motifs is 7. The Balaban J connectivity index is 1.35. The molecule has 1 aliphatic heterocycles. The molecule has 0 N–H and O–H groups in total. The predicted molar refractivity (Wildman–Crippen MR) is 153 cm³/mol. The average Bonchev–Trinajstić information content (AvgIpc) is 3.33. The summed E-state index contributed by atoms with van der Waals surface area (Å²) in [6.07, 6.45) is 15.7. The van der Waals surface area contributed by atoms with E-state index in [0.29, 0.717) is 48.3 Å². The summed E-state index contributed by atoms with van der Waals surface area (Å²) in [6.45, 7) is 17.5. The molecule has 0 aromatic rings. The van der Waals surface area contributed by atoms with Gasteiger partial charge >= 0.3 is 0 Å². The molecule has 4 heteroatoms. The van der Waals surface area contributed by atoms with E-state index in [9.17, 15) is 14.4 Å². The van der Waals surface area contributed by atoms with Gasteiger partial charge < -0.3 is 19.1 Å². The smallest absolute Gasteiger partial charge is 0.126 e. The number of ether oxygens (including phenoxy) is 1. The van der Waals surface area contributed by atoms with E-state index in [1.165, 1.54) is 44.8 Å². The Hall–Kier alpha value is -1.03. The Morgan fingerprint density at radius 1 is 0.744 bits per heavy atom. The van der Waals surface area contributed by atoms with Crippen LogP contribution in [0, 0.1) is 62.6 Å². The van der Waals surface area contributed by atoms with E-state index in [1.54, 1.807) is 0 Å². The molecule has 10 atom stereocenters. The first kappa shape index (κ1) is 28.1. The van der Waals surface area contributed by atoms with Crippen molar-refractivity contribution in [2.24, 2.45) is 62.6 Å². The second kappa shape index (κ2) is 8.51. The zero-order chi connectivity index (χ0) is 28.3. The minimum absolute atomic E-state index is 0.0770. The van der Waals surface area contributed by atoms with Crippen molar-refractivity contribution in [2.75, 3.05) is 0 Å². The highest BCUT2D eigenvalue weighted by atomic mass is 16.6. The van der Waals surface area contributed by atoms with Gasteiger partial charge in [-0.15, -0.1) is 0 Å². The molecule has 6 fully saturated rings. The molecule has 0 bridgehead atoms. The third-order valence-electron chi connectivity index (χ3n) is 15.7. The van der Waals surface area contributed by atoms with Gasteiger partial charge in [0.1, 0.15) is 30.1 Å². The molecule has 0 aromatic heterocycles. The lowest BCUT2D eigenvalue weighted by Gasteiger charge is -2.73. The molecule has 0 radical (unpaired) electrons. The molecule has 0 unspecified atom stereocenters. The first-order chi connectivity index (χ1) is 18.3. The Labute approximate surface area is 237 Å². The van der Waals surface area contributed by atoms with E-state index in [1.807, 2.05) is 0 Å². The lowest BCUT2D eigenvalue weighted by atomic mass is 9.31. The molecule has 6 rings (SSSR count). The number of epoxide rings is 1. The minimum Gasteiger partial charge on any atom is -0.361 e. The number of hydrogen-bond donors (Lipinski definition) is 0. The van der Waals surface area contributed by atoms with Crippen LogP contribution in [0.3, 0.4) is 0 Å². The SMILES string of the molecule is CC(C)[C@@H]1CC[C@]2(C=O)CC[C@]3(C)[C@H](CC[C@@H]4[C@@]5(C)CC[C@]6(OC6(CC=O)CC=O)C(C)(C)[C@@H]5CC[C@]43C)[C@@H]12. The van der Waals surface area contributed by atoms with Gasteiger partial charge in [-0.2, -0.15) is 0 Å². The summed E-state index contributed by atoms with van der Waals surface area (Å²) in [7, 11) is 0. The van der Waals surface area contributed by atoms with Gasteiger partial charge in [-0.1, -0.05) is 48.5 Å². The summed E-state index contributed by atoms with van der Waals surface area (Å²) in [5.41, 5.74) is -0.348. The van der Waals surface area contributed by atoms with Crippen molar-refractivity contribution in [2.45, 2.75) is 137 Å². The molecule has 0 aromatic carbocycles. The quantitative estimate of drug-likeness (QED) is 0.258. The van der Waals surface area contributed by atoms with Crippen LogP contribution in [0.25, 0.3) is 0 Å². The molecule has 39 heavy (non-hydrogen) atoms. The summed E-state index contributed by atoms with van der Waals surface area (Å²) in [5, 5.41) is 0. The summed E-state index contributed by atoms with van der Waals surface area (Å²) < 4.78 is 6.60. The van der Waals surface area contributed by atoms with Gasteiger partial charge in [-0.3, -0.25) is 0 Å². The zero-order valence-corrected chi connectivity index (χ0v) is 25.8. The van der Waals surface area contributed by atoms with Crippen LogP contribution < -0.4 is 0 Å². The van der Waals surface area contributed by atoms with Crippen LogP contribution in [-0.4, -0.2) is 30.1 Å². The van der Waals surface area contributed by atoms with Gasteiger partial charge in [0, 0.05) is 23.7 Å². The van der Waals surface area contributed by atoms with Crippen molar-refractivity contribution in [1.29, 1.82) is 0 Å². The Bertz CT molecular complexity index is 1040. The summed E-state index contributed by atoms with van der Waals surface area (Å²) in [6, 6.07) is 0. The molecule has 6 aliphatic rings. The third kappa shape index (κ3) is 3.14. The van der Waals surface area contributed by atoms with Crippen molar-refractivity contribution in [3.63, 3.8) is 0 Å². The Kier molecular flexibility index (Phi) is 6.13. The molecule has 4 nitrogen and oxygen atoms in total. The van der Waals surface area contributed by atoms with E-state index in [4.69, 9.17) is 4.74 Å². The maximum Gasteiger partial charge on any atom is 0.126 e. The Morgan fingerprint density at radius 2 is 1.44 bits per heavy atom. The van der Waals surface area contributed by atoms with Crippen molar-refractivity contribution < 1.29 is 19.1 Å². The van der Waals surface area contributed by atoms with Crippen LogP contribution >= 0.6 is 0 Å². The van der Waals surface area contributed by atoms with E-state index in [0.717, 1.165) is 38.3 Å². The Morgan fingerprint density at radius 3 is 2.05 bits per heavy atom. The van der Waals surface area contributed by atoms with E-state index < -0.39 is 5.60 Å². The van der Waals surface area contributed by atoms with Crippen LogP contribution in [0.15, 0.2) is 0 Å². The predicted octanol–water partition coefficient (Wildman–Crippen LogP) is 7.61. The molecular weight excluding hydrogens is 484 g/mol. The third-order valence-corrected chi connectivity index (χ3v) is 15.7. The first-order valence-corrected chi connectivity index (χ1v) is 16.3. The van der Waals surface area contributed by atoms with Gasteiger partial charge in [0.25, 0.3) is 0 Å². The highest BCUT2D eigenvalue weighted by molar-refractivity contribution is 5.62. The number of hydrogen-bond acceptors (Lipinski definition) is 4. The molecule has 0 amide bonds. The fourth-order valence-electron chi connectivity index (χ4n) is 13.7. The lowest BCUT2D eigenvalue weighted by Crippen LogP contribution is -2.67. The first-order valence-electron chi connectivity index (χ1n) is 16.3. The molecule has 218 valence electrons.